The van der Waals surface area contributed by atoms with Gasteiger partial charge in [0.2, 0.25) is 5.78 Å². The van der Waals surface area contributed by atoms with Crippen LogP contribution in [0.5, 0.6) is 11.5 Å². The molecular weight excluding hydrogens is 432 g/mol. The van der Waals surface area contributed by atoms with E-state index in [4.69, 9.17) is 4.74 Å². The van der Waals surface area contributed by atoms with Gasteiger partial charge in [0.1, 0.15) is 11.5 Å². The van der Waals surface area contributed by atoms with Gasteiger partial charge in [-0.2, -0.15) is 0 Å². The summed E-state index contributed by atoms with van der Waals surface area (Å²) in [5.74, 6) is 0.333. The zero-order valence-electron chi connectivity index (χ0n) is 15.9. The molecule has 3 aromatic carbocycles. The molecule has 0 spiro atoms. The van der Waals surface area contributed by atoms with E-state index in [1.165, 1.54) is 0 Å². The van der Waals surface area contributed by atoms with Gasteiger partial charge in [-0.25, -0.2) is 0 Å². The maximum absolute atomic E-state index is 13.3. The van der Waals surface area contributed by atoms with E-state index in [0.29, 0.717) is 45.2 Å². The van der Waals surface area contributed by atoms with Crippen LogP contribution in [0.4, 0.5) is 0 Å². The smallest absolute Gasteiger partial charge is 0.229 e. The monoisotopic (exact) mass is 448 g/mol. The molecule has 1 aliphatic carbocycles. The minimum Gasteiger partial charge on any atom is -0.506 e. The largest absolute Gasteiger partial charge is 0.506 e. The van der Waals surface area contributed by atoms with Gasteiger partial charge < -0.3 is 9.84 Å². The number of fused-ring (bicyclic) bond motifs is 4. The quantitative estimate of drug-likeness (QED) is 0.487. The van der Waals surface area contributed by atoms with E-state index in [-0.39, 0.29) is 23.1 Å². The first-order valence-electron chi connectivity index (χ1n) is 9.41. The van der Waals surface area contributed by atoms with E-state index in [9.17, 15) is 14.7 Å². The molecule has 0 atom stereocenters. The number of carbonyl (C=O) groups excluding carboxylic acids is 2. The summed E-state index contributed by atoms with van der Waals surface area (Å²) in [5, 5.41) is 12.1. The molecule has 2 aliphatic rings. The minimum absolute atomic E-state index is 0.103. The molecule has 1 aliphatic heterocycles. The van der Waals surface area contributed by atoms with Crippen LogP contribution in [0, 0.1) is 13.8 Å². The van der Waals surface area contributed by atoms with E-state index in [0.717, 1.165) is 22.1 Å². The third kappa shape index (κ3) is 2.57. The van der Waals surface area contributed by atoms with Gasteiger partial charge in [0.25, 0.3) is 0 Å². The lowest BCUT2D eigenvalue weighted by Crippen LogP contribution is -2.24. The number of benzene rings is 3. The van der Waals surface area contributed by atoms with Crippen molar-refractivity contribution in [3.8, 4) is 11.5 Å². The number of allylic oxidation sites excluding steroid dienone is 2. The number of aryl methyl sites for hydroxylation is 2. The summed E-state index contributed by atoms with van der Waals surface area (Å²) in [6, 6.07) is 11.0. The van der Waals surface area contributed by atoms with Crippen molar-refractivity contribution < 1.29 is 19.4 Å². The number of aromatic hydroxyl groups is 1. The maximum atomic E-state index is 13.3. The first-order chi connectivity index (χ1) is 13.9. The van der Waals surface area contributed by atoms with E-state index in [1.807, 2.05) is 38.1 Å². The van der Waals surface area contributed by atoms with Gasteiger partial charge in [-0.05, 0) is 54.8 Å². The summed E-state index contributed by atoms with van der Waals surface area (Å²) in [5.41, 5.74) is 3.88. The Hall–Kier alpha value is -2.92. The van der Waals surface area contributed by atoms with E-state index in [2.05, 4.69) is 15.9 Å². The van der Waals surface area contributed by atoms with Crippen LogP contribution < -0.4 is 4.74 Å². The third-order valence-corrected chi connectivity index (χ3v) is 6.52. The summed E-state index contributed by atoms with van der Waals surface area (Å²) < 4.78 is 6.74. The number of phenols is 1. The number of carbonyl (C=O) groups is 2. The van der Waals surface area contributed by atoms with Crippen molar-refractivity contribution in [2.45, 2.75) is 26.7 Å². The van der Waals surface area contributed by atoms with Gasteiger partial charge in [0.15, 0.2) is 11.5 Å². The molecule has 5 rings (SSSR count). The van der Waals surface area contributed by atoms with Gasteiger partial charge in [-0.15, -0.1) is 0 Å². The van der Waals surface area contributed by atoms with E-state index < -0.39 is 0 Å². The van der Waals surface area contributed by atoms with Crippen molar-refractivity contribution >= 4 is 38.3 Å². The molecule has 29 heavy (non-hydrogen) atoms. The summed E-state index contributed by atoms with van der Waals surface area (Å²) in [6.45, 7) is 3.84. The average molecular weight is 449 g/mol. The van der Waals surface area contributed by atoms with Gasteiger partial charge in [0, 0.05) is 33.0 Å². The van der Waals surface area contributed by atoms with Crippen LogP contribution in [0.25, 0.3) is 10.8 Å². The molecule has 0 saturated heterocycles. The Morgan fingerprint density at radius 1 is 0.897 bits per heavy atom. The Balaban J connectivity index is 1.75. The highest BCUT2D eigenvalue weighted by Gasteiger charge is 2.36. The number of phenolic OH excluding ortho intramolecular Hbond substituents is 1. The third-order valence-electron chi connectivity index (χ3n) is 5.67. The van der Waals surface area contributed by atoms with Crippen molar-refractivity contribution in [1.82, 2.24) is 0 Å². The Labute approximate surface area is 175 Å². The van der Waals surface area contributed by atoms with Crippen LogP contribution in [0.1, 0.15) is 43.8 Å². The van der Waals surface area contributed by atoms with Crippen LogP contribution in [0.2, 0.25) is 0 Å². The number of hydrogen-bond acceptors (Lipinski definition) is 4. The van der Waals surface area contributed by atoms with E-state index >= 15 is 0 Å². The normalized spacial score (nSPS) is 15.6. The highest BCUT2D eigenvalue weighted by atomic mass is 79.9. The molecule has 0 amide bonds. The average Bonchev–Trinajstić information content (AvgIpc) is 2.91. The van der Waals surface area contributed by atoms with Crippen LogP contribution in [0.15, 0.2) is 52.2 Å². The lowest BCUT2D eigenvalue weighted by molar-refractivity contribution is 0.0936. The second kappa shape index (κ2) is 6.29. The van der Waals surface area contributed by atoms with Gasteiger partial charge >= 0.3 is 0 Å². The SMILES string of the molecule is Cc1ccc2c(c1)C(=O)C1=C(CCc3c(Br)c(O)c4cc(C)ccc4c3O1)C2=O. The molecule has 0 unspecified atom stereocenters. The van der Waals surface area contributed by atoms with Gasteiger partial charge in [-0.3, -0.25) is 9.59 Å². The Kier molecular flexibility index (Phi) is 3.93. The molecular formula is C24H17BrO4. The highest BCUT2D eigenvalue weighted by molar-refractivity contribution is 9.10. The molecule has 0 aromatic heterocycles. The van der Waals surface area contributed by atoms with E-state index in [1.54, 1.807) is 12.1 Å². The fourth-order valence-corrected chi connectivity index (χ4v) is 4.76. The topological polar surface area (TPSA) is 63.6 Å². The molecule has 0 saturated carbocycles. The van der Waals surface area contributed by atoms with Crippen molar-refractivity contribution in [2.24, 2.45) is 0 Å². The standard InChI is InChI=1S/C24H17BrO4/c1-11-3-5-13-17(9-11)22(28)24-16(20(13)26)8-7-15-19(25)21(27)18-10-12(2)4-6-14(18)23(15)29-24/h3-6,9-10,27H,7-8H2,1-2H3. The van der Waals surface area contributed by atoms with Crippen LogP contribution in [-0.4, -0.2) is 16.7 Å². The molecule has 144 valence electrons. The molecule has 1 heterocycles. The van der Waals surface area contributed by atoms with Gasteiger partial charge in [-0.1, -0.05) is 35.4 Å². The minimum atomic E-state index is -0.268. The van der Waals surface area contributed by atoms with Crippen molar-refractivity contribution in [2.75, 3.05) is 0 Å². The zero-order valence-corrected chi connectivity index (χ0v) is 17.5. The zero-order chi connectivity index (χ0) is 20.4. The summed E-state index contributed by atoms with van der Waals surface area (Å²) in [6.07, 6.45) is 0.849. The lowest BCUT2D eigenvalue weighted by atomic mass is 9.85. The number of Topliss-reactive ketones (excluding diaryl/α,β-unsaturated/α-hetero) is 2. The Morgan fingerprint density at radius 2 is 1.62 bits per heavy atom. The molecule has 4 nitrogen and oxygen atoms in total. The molecule has 1 N–H and O–H groups in total. The summed E-state index contributed by atoms with van der Waals surface area (Å²) >= 11 is 3.50. The fourth-order valence-electron chi connectivity index (χ4n) is 4.17. The van der Waals surface area contributed by atoms with Crippen molar-refractivity contribution in [3.63, 3.8) is 0 Å². The van der Waals surface area contributed by atoms with Crippen molar-refractivity contribution in [3.05, 3.63) is 80.0 Å². The Bertz CT molecular complexity index is 1300. The first-order valence-corrected chi connectivity index (χ1v) is 10.2. The fraction of sp³-hybridized carbons (Fsp3) is 0.167. The second-order valence-electron chi connectivity index (χ2n) is 7.64. The van der Waals surface area contributed by atoms with Crippen LogP contribution in [-0.2, 0) is 6.42 Å². The first kappa shape index (κ1) is 18.1. The molecule has 5 heteroatoms. The number of rotatable bonds is 0. The summed E-state index contributed by atoms with van der Waals surface area (Å²) in [7, 11) is 0. The molecule has 3 aromatic rings. The van der Waals surface area contributed by atoms with Crippen LogP contribution in [0.3, 0.4) is 0 Å². The predicted octanol–water partition coefficient (Wildman–Crippen LogP) is 5.58. The maximum Gasteiger partial charge on any atom is 0.229 e. The van der Waals surface area contributed by atoms with Crippen LogP contribution >= 0.6 is 15.9 Å². The predicted molar refractivity (Wildman–Crippen MR) is 114 cm³/mol. The highest BCUT2D eigenvalue weighted by Crippen LogP contribution is 2.47. The Morgan fingerprint density at radius 3 is 2.41 bits per heavy atom. The number of halogens is 1. The second-order valence-corrected chi connectivity index (χ2v) is 8.43. The number of hydrogen-bond donors (Lipinski definition) is 1. The summed E-state index contributed by atoms with van der Waals surface area (Å²) in [4.78, 5) is 26.4. The molecule has 0 bridgehead atoms. The van der Waals surface area contributed by atoms with Crippen molar-refractivity contribution in [1.29, 1.82) is 0 Å². The number of ketones is 2. The molecule has 0 fully saturated rings. The number of ether oxygens (including phenoxy) is 1. The van der Waals surface area contributed by atoms with Gasteiger partial charge in [0.05, 0.1) is 4.47 Å². The molecule has 0 radical (unpaired) electrons. The lowest BCUT2D eigenvalue weighted by Gasteiger charge is -2.20.